The summed E-state index contributed by atoms with van der Waals surface area (Å²) in [5, 5.41) is 8.51. The smallest absolute Gasteiger partial charge is 0.312 e. The first kappa shape index (κ1) is 29.5. The molecule has 0 bridgehead atoms. The number of rotatable bonds is 6. The van der Waals surface area contributed by atoms with Crippen LogP contribution in [-0.4, -0.2) is 48.8 Å². The minimum atomic E-state index is -2.96. The van der Waals surface area contributed by atoms with Crippen LogP contribution in [-0.2, 0) is 31.2 Å². The molecule has 8 nitrogen and oxygen atoms in total. The average molecular weight is 567 g/mol. The summed E-state index contributed by atoms with van der Waals surface area (Å²) < 4.78 is 39.2. The fourth-order valence-electron chi connectivity index (χ4n) is 5.59. The van der Waals surface area contributed by atoms with Crippen LogP contribution in [0.5, 0.6) is 0 Å². The first-order chi connectivity index (χ1) is 18.5. The van der Waals surface area contributed by atoms with Gasteiger partial charge in [-0.3, -0.25) is 19.6 Å². The highest BCUT2D eigenvalue weighted by Gasteiger charge is 2.57. The molecule has 0 saturated heterocycles. The van der Waals surface area contributed by atoms with Crippen molar-refractivity contribution >= 4 is 27.2 Å². The molecule has 0 radical (unpaired) electrons. The van der Waals surface area contributed by atoms with E-state index in [2.05, 4.69) is 9.35 Å². The molecule has 0 spiro atoms. The predicted octanol–water partition coefficient (Wildman–Crippen LogP) is 5.25. The molecule has 0 fully saturated rings. The molecule has 212 valence electrons. The van der Waals surface area contributed by atoms with Gasteiger partial charge in [0, 0.05) is 30.4 Å². The number of hydrogen-bond donors (Lipinski definition) is 0. The van der Waals surface area contributed by atoms with Gasteiger partial charge in [-0.1, -0.05) is 6.07 Å². The fourth-order valence-corrected chi connectivity index (χ4v) is 8.86. The molecule has 40 heavy (non-hydrogen) atoms. The maximum absolute atomic E-state index is 15.6. The van der Waals surface area contributed by atoms with E-state index >= 15 is 4.39 Å². The minimum Gasteiger partial charge on any atom is -0.460 e. The van der Waals surface area contributed by atoms with Gasteiger partial charge in [0.1, 0.15) is 28.7 Å². The lowest BCUT2D eigenvalue weighted by Gasteiger charge is -2.46. The van der Waals surface area contributed by atoms with Gasteiger partial charge in [0.2, 0.25) is 0 Å². The van der Waals surface area contributed by atoms with Gasteiger partial charge in [-0.2, -0.15) is 5.26 Å². The number of Topliss-reactive ketones (excluding diaryl/α,β-unsaturated/α-hetero) is 1. The number of aryl methyl sites for hydroxylation is 1. The maximum atomic E-state index is 15.6. The van der Waals surface area contributed by atoms with Crippen molar-refractivity contribution in [1.82, 2.24) is 4.98 Å². The van der Waals surface area contributed by atoms with Crippen LogP contribution in [0.15, 0.2) is 39.8 Å². The summed E-state index contributed by atoms with van der Waals surface area (Å²) in [7, 11) is -2.96. The van der Waals surface area contributed by atoms with E-state index in [4.69, 9.17) is 15.0 Å². The number of halogens is 1. The van der Waals surface area contributed by atoms with E-state index < -0.39 is 42.7 Å². The Bertz CT molecular complexity index is 1590. The maximum Gasteiger partial charge on any atom is 0.312 e. The monoisotopic (exact) mass is 566 g/mol. The summed E-state index contributed by atoms with van der Waals surface area (Å²) in [6.07, 6.45) is 1.57. The average Bonchev–Trinajstić information content (AvgIpc) is 3.27. The molecule has 0 unspecified atom stereocenters. The molecule has 0 saturated carbocycles. The molecule has 2 aliphatic rings. The van der Waals surface area contributed by atoms with Crippen LogP contribution in [0, 0.1) is 24.1 Å². The van der Waals surface area contributed by atoms with Crippen molar-refractivity contribution in [2.75, 3.05) is 6.54 Å². The second-order valence-electron chi connectivity index (χ2n) is 12.1. The SMILES string of the molecule is Cc1cc(C#N)cnc1C(=O)Cc1ccc(F)c([C@@]2(C)N=C(CC(=O)OC(C)(C)C)C(C)(C)[S@@]3(=O)=NCC[C@@H]23)c1. The molecule has 0 amide bonds. The van der Waals surface area contributed by atoms with E-state index in [1.165, 1.54) is 18.3 Å². The Morgan fingerprint density at radius 1 is 1.20 bits per heavy atom. The van der Waals surface area contributed by atoms with Crippen LogP contribution in [0.4, 0.5) is 4.39 Å². The van der Waals surface area contributed by atoms with Gasteiger partial charge in [-0.05, 0) is 84.2 Å². The zero-order chi connectivity index (χ0) is 29.7. The van der Waals surface area contributed by atoms with Crippen LogP contribution in [0.1, 0.15) is 87.1 Å². The first-order valence-corrected chi connectivity index (χ1v) is 14.8. The number of ether oxygens (including phenoxy) is 1. The Kier molecular flexibility index (Phi) is 7.52. The Balaban J connectivity index is 1.77. The van der Waals surface area contributed by atoms with Gasteiger partial charge >= 0.3 is 5.97 Å². The number of nitriles is 1. The number of ketones is 1. The third-order valence-corrected chi connectivity index (χ3v) is 11.4. The molecule has 2 aromatic rings. The van der Waals surface area contributed by atoms with Crippen molar-refractivity contribution in [1.29, 1.82) is 5.26 Å². The standard InChI is InChI=1S/C30H35FN4O4S/c1-18-12-20(16-32)17-33-27(18)23(36)14-19-8-9-22(31)21(13-19)30(7)25-10-11-34-40(25,38)29(5,6)24(35-30)15-26(37)39-28(2,3)4/h8-9,12-13,17,25H,10-11,14-15H2,1-7H3/t25-,30+,40+/m0/s1. The number of carbonyl (C=O) groups is 2. The zero-order valence-corrected chi connectivity index (χ0v) is 24.8. The molecule has 0 N–H and O–H groups in total. The minimum absolute atomic E-state index is 0.0481. The van der Waals surface area contributed by atoms with Crippen LogP contribution in [0.2, 0.25) is 0 Å². The molecule has 3 atom stereocenters. The highest BCUT2D eigenvalue weighted by atomic mass is 32.2. The molecule has 1 aromatic heterocycles. The van der Waals surface area contributed by atoms with Crippen molar-refractivity contribution in [2.24, 2.45) is 9.36 Å². The van der Waals surface area contributed by atoms with E-state index in [1.807, 2.05) is 6.07 Å². The third kappa shape index (κ3) is 5.19. The number of aliphatic imine (C=N–C) groups is 1. The number of hydrogen-bond acceptors (Lipinski definition) is 8. The largest absolute Gasteiger partial charge is 0.460 e. The fraction of sp³-hybridized carbons (Fsp3) is 0.500. The van der Waals surface area contributed by atoms with Crippen molar-refractivity contribution in [3.8, 4) is 6.07 Å². The third-order valence-electron chi connectivity index (χ3n) is 7.62. The summed E-state index contributed by atoms with van der Waals surface area (Å²) >= 11 is 0. The van der Waals surface area contributed by atoms with Gasteiger partial charge in [-0.15, -0.1) is 0 Å². The van der Waals surface area contributed by atoms with Gasteiger partial charge in [0.15, 0.2) is 5.78 Å². The molecule has 1 aromatic carbocycles. The molecule has 10 heteroatoms. The number of carbonyl (C=O) groups excluding carboxylic acids is 2. The number of esters is 1. The summed E-state index contributed by atoms with van der Waals surface area (Å²) in [6.45, 7) is 12.6. The van der Waals surface area contributed by atoms with E-state index in [0.29, 0.717) is 35.4 Å². The van der Waals surface area contributed by atoms with Gasteiger partial charge < -0.3 is 4.74 Å². The molecule has 2 aliphatic heterocycles. The number of nitrogens with zero attached hydrogens (tertiary/aromatic N) is 4. The van der Waals surface area contributed by atoms with Crippen molar-refractivity contribution in [3.05, 3.63) is 64.2 Å². The Morgan fingerprint density at radius 3 is 2.52 bits per heavy atom. The van der Waals surface area contributed by atoms with Crippen LogP contribution < -0.4 is 0 Å². The Hall–Kier alpha value is -3.45. The lowest BCUT2D eigenvalue weighted by molar-refractivity contribution is -0.153. The zero-order valence-electron chi connectivity index (χ0n) is 24.0. The molecule has 4 rings (SSSR count). The van der Waals surface area contributed by atoms with E-state index in [-0.39, 0.29) is 29.9 Å². The topological polar surface area (TPSA) is 122 Å². The number of fused-ring (bicyclic) bond motifs is 1. The lowest BCUT2D eigenvalue weighted by Crippen LogP contribution is -2.56. The summed E-state index contributed by atoms with van der Waals surface area (Å²) in [5.41, 5.74) is 0.290. The van der Waals surface area contributed by atoms with Gasteiger partial charge in [-0.25, -0.2) is 13.0 Å². The van der Waals surface area contributed by atoms with Crippen molar-refractivity contribution < 1.29 is 22.9 Å². The molecular weight excluding hydrogens is 531 g/mol. The van der Waals surface area contributed by atoms with E-state index in [1.54, 1.807) is 60.6 Å². The van der Waals surface area contributed by atoms with Crippen molar-refractivity contribution in [3.63, 3.8) is 0 Å². The quantitative estimate of drug-likeness (QED) is 0.348. The number of benzene rings is 1. The predicted molar refractivity (Wildman–Crippen MR) is 151 cm³/mol. The number of aromatic nitrogens is 1. The number of pyridine rings is 1. The van der Waals surface area contributed by atoms with Crippen LogP contribution >= 0.6 is 0 Å². The van der Waals surface area contributed by atoms with Crippen molar-refractivity contribution in [2.45, 2.75) is 88.9 Å². The highest BCUT2D eigenvalue weighted by molar-refractivity contribution is 7.96. The normalized spacial score (nSPS) is 25.3. The second kappa shape index (κ2) is 10.2. The molecule has 3 heterocycles. The van der Waals surface area contributed by atoms with E-state index in [9.17, 15) is 13.8 Å². The summed E-state index contributed by atoms with van der Waals surface area (Å²) in [4.78, 5) is 35.1. The van der Waals surface area contributed by atoms with Gasteiger partial charge in [0.05, 0.1) is 31.7 Å². The lowest BCUT2D eigenvalue weighted by atomic mass is 9.84. The summed E-state index contributed by atoms with van der Waals surface area (Å²) in [6, 6.07) is 8.02. The van der Waals surface area contributed by atoms with E-state index in [0.717, 1.165) is 0 Å². The first-order valence-electron chi connectivity index (χ1n) is 13.2. The Labute approximate surface area is 235 Å². The van der Waals surface area contributed by atoms with Crippen LogP contribution in [0.3, 0.4) is 0 Å². The van der Waals surface area contributed by atoms with Gasteiger partial charge in [0.25, 0.3) is 0 Å². The molecular formula is C30H35FN4O4S. The summed E-state index contributed by atoms with van der Waals surface area (Å²) in [5.74, 6) is -1.32. The van der Waals surface area contributed by atoms with Crippen LogP contribution in [0.25, 0.3) is 0 Å². The molecule has 0 aliphatic carbocycles. The second-order valence-corrected chi connectivity index (χ2v) is 15.1. The highest BCUT2D eigenvalue weighted by Crippen LogP contribution is 2.49. The Morgan fingerprint density at radius 2 is 1.90 bits per heavy atom.